The molecule has 0 unspecified atom stereocenters. The Morgan fingerprint density at radius 3 is 3.00 bits per heavy atom. The van der Waals surface area contributed by atoms with Gasteiger partial charge in [0, 0.05) is 25.0 Å². The van der Waals surface area contributed by atoms with Gasteiger partial charge in [0.25, 0.3) is 5.91 Å². The van der Waals surface area contributed by atoms with E-state index < -0.39 is 0 Å². The van der Waals surface area contributed by atoms with E-state index in [0.717, 1.165) is 25.0 Å². The van der Waals surface area contributed by atoms with Gasteiger partial charge in [-0.2, -0.15) is 5.26 Å². The molecule has 0 bridgehead atoms. The summed E-state index contributed by atoms with van der Waals surface area (Å²) in [5.74, 6) is -0.245. The third kappa shape index (κ3) is 6.57. The minimum atomic E-state index is -0.364. The first-order chi connectivity index (χ1) is 12.7. The zero-order valence-corrected chi connectivity index (χ0v) is 14.8. The van der Waals surface area contributed by atoms with E-state index >= 15 is 0 Å². The van der Waals surface area contributed by atoms with Crippen LogP contribution in [0.5, 0.6) is 0 Å². The molecule has 0 aromatic carbocycles. The highest BCUT2D eigenvalue weighted by molar-refractivity contribution is 5.90. The smallest absolute Gasteiger partial charge is 0.287 e. The second-order valence-corrected chi connectivity index (χ2v) is 5.98. The third-order valence-electron chi connectivity index (χ3n) is 4.00. The topological polar surface area (TPSA) is 114 Å². The summed E-state index contributed by atoms with van der Waals surface area (Å²) in [4.78, 5) is 18.4. The van der Waals surface area contributed by atoms with Crippen molar-refractivity contribution >= 4 is 5.91 Å². The summed E-state index contributed by atoms with van der Waals surface area (Å²) in [5, 5.41) is 23.6. The first kappa shape index (κ1) is 19.5. The van der Waals surface area contributed by atoms with Crippen LogP contribution in [-0.2, 0) is 0 Å². The molecule has 1 amide bonds. The molecule has 0 fully saturated rings. The summed E-state index contributed by atoms with van der Waals surface area (Å²) in [7, 11) is 0. The number of H-pyrrole nitrogens is 1. The summed E-state index contributed by atoms with van der Waals surface area (Å²) in [6.45, 7) is 0.873. The monoisotopic (exact) mass is 355 g/mol. The average molecular weight is 355 g/mol. The van der Waals surface area contributed by atoms with Crippen molar-refractivity contribution in [3.05, 3.63) is 53.3 Å². The van der Waals surface area contributed by atoms with Crippen LogP contribution in [0.1, 0.15) is 48.4 Å². The molecule has 1 aromatic rings. The van der Waals surface area contributed by atoms with Crippen molar-refractivity contribution in [2.75, 3.05) is 19.7 Å². The summed E-state index contributed by atoms with van der Waals surface area (Å²) >= 11 is 0. The number of nitrogens with one attached hydrogen (secondary N) is 3. The van der Waals surface area contributed by atoms with Gasteiger partial charge in [-0.15, -0.1) is 0 Å². The van der Waals surface area contributed by atoms with Crippen molar-refractivity contribution in [1.29, 1.82) is 5.26 Å². The molecule has 0 saturated heterocycles. The lowest BCUT2D eigenvalue weighted by Gasteiger charge is -2.12. The molecule has 0 radical (unpaired) electrons. The average Bonchev–Trinajstić information content (AvgIpc) is 3.16. The van der Waals surface area contributed by atoms with E-state index in [9.17, 15) is 4.79 Å². The first-order valence-electron chi connectivity index (χ1n) is 8.86. The quantitative estimate of drug-likeness (QED) is 0.399. The number of carbonyl (C=O) groups excluding carboxylic acids is 1. The first-order valence-corrected chi connectivity index (χ1v) is 8.86. The second-order valence-electron chi connectivity index (χ2n) is 5.98. The predicted octanol–water partition coefficient (Wildman–Crippen LogP) is 1.92. The summed E-state index contributed by atoms with van der Waals surface area (Å²) in [5.41, 5.74) is 2.55. The van der Waals surface area contributed by atoms with Crippen LogP contribution in [0.2, 0.25) is 0 Å². The molecule has 26 heavy (non-hydrogen) atoms. The van der Waals surface area contributed by atoms with Crippen LogP contribution < -0.4 is 10.6 Å². The van der Waals surface area contributed by atoms with E-state index in [1.54, 1.807) is 0 Å². The fourth-order valence-electron chi connectivity index (χ4n) is 2.65. The Morgan fingerprint density at radius 1 is 1.42 bits per heavy atom. The predicted molar refractivity (Wildman–Crippen MR) is 99.1 cm³/mol. The highest BCUT2D eigenvalue weighted by Crippen LogP contribution is 2.20. The molecule has 4 N–H and O–H groups in total. The minimum absolute atomic E-state index is 0.0599. The van der Waals surface area contributed by atoms with Crippen molar-refractivity contribution in [1.82, 2.24) is 20.6 Å². The lowest BCUT2D eigenvalue weighted by atomic mass is 9.97. The molecule has 0 atom stereocenters. The number of aromatic nitrogens is 2. The molecular formula is C19H25N5O2. The van der Waals surface area contributed by atoms with Crippen molar-refractivity contribution < 1.29 is 9.90 Å². The Kier molecular flexibility index (Phi) is 8.16. The van der Waals surface area contributed by atoms with E-state index in [2.05, 4.69) is 32.8 Å². The summed E-state index contributed by atoms with van der Waals surface area (Å²) < 4.78 is 0. The van der Waals surface area contributed by atoms with Crippen LogP contribution in [0.4, 0.5) is 0 Å². The number of carbonyl (C=O) groups is 1. The number of aliphatic hydroxyl groups excluding tert-OH is 1. The zero-order chi connectivity index (χ0) is 18.6. The number of hydrogen-bond acceptors (Lipinski definition) is 5. The SMILES string of the molecule is N#Cc1c[nH]c(C(=O)NC/C=C\C(=C/CC2=CCCCC2)NCCO)n1. The molecule has 0 spiro atoms. The molecule has 138 valence electrons. The van der Waals surface area contributed by atoms with Gasteiger partial charge in [0.05, 0.1) is 6.61 Å². The highest BCUT2D eigenvalue weighted by atomic mass is 16.3. The van der Waals surface area contributed by atoms with Gasteiger partial charge in [0.2, 0.25) is 0 Å². The minimum Gasteiger partial charge on any atom is -0.395 e. The third-order valence-corrected chi connectivity index (χ3v) is 4.00. The van der Waals surface area contributed by atoms with Crippen LogP contribution in [-0.4, -0.2) is 40.7 Å². The molecule has 2 rings (SSSR count). The van der Waals surface area contributed by atoms with Gasteiger partial charge >= 0.3 is 0 Å². The molecule has 7 nitrogen and oxygen atoms in total. The molecule has 1 aromatic heterocycles. The standard InChI is InChI=1S/C19H25N5O2/c20-13-17-14-23-18(24-17)19(26)22-10-4-7-16(21-11-12-25)9-8-15-5-2-1-3-6-15/h4-5,7,9,14,21,25H,1-3,6,8,10-12H2,(H,22,26)(H,23,24)/b7-4-,16-9+. The van der Waals surface area contributed by atoms with Gasteiger partial charge in [-0.3, -0.25) is 4.79 Å². The summed E-state index contributed by atoms with van der Waals surface area (Å²) in [6, 6.07) is 1.87. The Labute approximate surface area is 153 Å². The Balaban J connectivity index is 1.85. The number of rotatable bonds is 9. The molecule has 7 heteroatoms. The lowest BCUT2D eigenvalue weighted by Crippen LogP contribution is -2.24. The highest BCUT2D eigenvalue weighted by Gasteiger charge is 2.08. The van der Waals surface area contributed by atoms with E-state index in [1.165, 1.54) is 24.6 Å². The Hall–Kier alpha value is -2.85. The second kappa shape index (κ2) is 10.9. The fourth-order valence-corrected chi connectivity index (χ4v) is 2.65. The Bertz CT molecular complexity index is 725. The van der Waals surface area contributed by atoms with Gasteiger partial charge in [-0.05, 0) is 38.2 Å². The number of allylic oxidation sites excluding steroid dienone is 4. The molecule has 1 aliphatic carbocycles. The van der Waals surface area contributed by atoms with Gasteiger partial charge in [0.1, 0.15) is 6.07 Å². The maximum Gasteiger partial charge on any atom is 0.287 e. The van der Waals surface area contributed by atoms with Crippen molar-refractivity contribution in [3.63, 3.8) is 0 Å². The van der Waals surface area contributed by atoms with Crippen LogP contribution in [0, 0.1) is 11.3 Å². The number of nitrogens with zero attached hydrogens (tertiary/aromatic N) is 2. The number of amides is 1. The number of aliphatic hydroxyl groups is 1. The van der Waals surface area contributed by atoms with Gasteiger partial charge in [0.15, 0.2) is 11.5 Å². The van der Waals surface area contributed by atoms with Gasteiger partial charge < -0.3 is 20.7 Å². The fraction of sp³-hybridized carbons (Fsp3) is 0.421. The largest absolute Gasteiger partial charge is 0.395 e. The van der Waals surface area contributed by atoms with E-state index in [-0.39, 0.29) is 24.0 Å². The van der Waals surface area contributed by atoms with E-state index in [1.807, 2.05) is 18.2 Å². The molecule has 1 aliphatic rings. The van der Waals surface area contributed by atoms with Crippen molar-refractivity contribution in [2.45, 2.75) is 32.1 Å². The Morgan fingerprint density at radius 2 is 2.31 bits per heavy atom. The number of aromatic amines is 1. The molecule has 0 saturated carbocycles. The maximum atomic E-state index is 11.9. The number of hydrogen-bond donors (Lipinski definition) is 4. The lowest BCUT2D eigenvalue weighted by molar-refractivity contribution is 0.0948. The van der Waals surface area contributed by atoms with Crippen molar-refractivity contribution in [3.8, 4) is 6.07 Å². The van der Waals surface area contributed by atoms with E-state index in [4.69, 9.17) is 10.4 Å². The maximum absolute atomic E-state index is 11.9. The number of imidazole rings is 1. The van der Waals surface area contributed by atoms with Crippen LogP contribution in [0.25, 0.3) is 0 Å². The molecular weight excluding hydrogens is 330 g/mol. The van der Waals surface area contributed by atoms with Crippen LogP contribution in [0.3, 0.4) is 0 Å². The van der Waals surface area contributed by atoms with Gasteiger partial charge in [-0.25, -0.2) is 4.98 Å². The van der Waals surface area contributed by atoms with Gasteiger partial charge in [-0.1, -0.05) is 23.8 Å². The van der Waals surface area contributed by atoms with E-state index in [0.29, 0.717) is 13.1 Å². The zero-order valence-electron chi connectivity index (χ0n) is 14.8. The van der Waals surface area contributed by atoms with Crippen LogP contribution in [0.15, 0.2) is 41.8 Å². The molecule has 1 heterocycles. The summed E-state index contributed by atoms with van der Waals surface area (Å²) in [6.07, 6.45) is 15.3. The number of nitriles is 1. The van der Waals surface area contributed by atoms with Crippen molar-refractivity contribution in [2.24, 2.45) is 0 Å². The van der Waals surface area contributed by atoms with Crippen LogP contribution >= 0.6 is 0 Å². The normalized spacial score (nSPS) is 14.8. The molecule has 0 aliphatic heterocycles.